The quantitative estimate of drug-likeness (QED) is 0.882. The number of fused-ring (bicyclic) bond motifs is 1. The third-order valence-corrected chi connectivity index (χ3v) is 3.65. The van der Waals surface area contributed by atoms with Gasteiger partial charge in [0, 0.05) is 4.70 Å². The highest BCUT2D eigenvalue weighted by Crippen LogP contribution is 2.27. The Kier molecular flexibility index (Phi) is 3.71. The van der Waals surface area contributed by atoms with Gasteiger partial charge in [0.05, 0.1) is 12.1 Å². The fourth-order valence-corrected chi connectivity index (χ4v) is 2.62. The molecule has 92 valence electrons. The Bertz CT molecular complexity index is 500. The van der Waals surface area contributed by atoms with Gasteiger partial charge in [0.25, 0.3) is 6.43 Å². The summed E-state index contributed by atoms with van der Waals surface area (Å²) in [6.45, 7) is 0. The molecule has 2 N–H and O–H groups in total. The van der Waals surface area contributed by atoms with Crippen LogP contribution < -0.4 is 5.32 Å². The van der Waals surface area contributed by atoms with E-state index in [1.54, 1.807) is 12.1 Å². The summed E-state index contributed by atoms with van der Waals surface area (Å²) in [5.41, 5.74) is 0.514. The molecule has 0 fully saturated rings. The number of hydrogen-bond donors (Lipinski definition) is 2. The summed E-state index contributed by atoms with van der Waals surface area (Å²) in [5, 5.41) is 15.3. The van der Waals surface area contributed by atoms with Gasteiger partial charge in [-0.1, -0.05) is 12.1 Å². The Labute approximate surface area is 102 Å². The number of nitrogens with one attached hydrogen (secondary N) is 1. The zero-order valence-electron chi connectivity index (χ0n) is 9.23. The zero-order chi connectivity index (χ0) is 12.4. The van der Waals surface area contributed by atoms with Gasteiger partial charge in [-0.2, -0.15) is 0 Å². The molecule has 0 bridgehead atoms. The number of likely N-dealkylation sites (N-methyl/N-ethyl adjacent to an activating group) is 1. The molecule has 0 spiro atoms. The number of aliphatic hydroxyl groups is 1. The number of halogens is 2. The molecule has 0 aliphatic rings. The molecule has 2 aromatic rings. The van der Waals surface area contributed by atoms with E-state index in [-0.39, 0.29) is 0 Å². The molecule has 0 radical (unpaired) electrons. The average molecular weight is 257 g/mol. The van der Waals surface area contributed by atoms with Crippen molar-refractivity contribution in [2.75, 3.05) is 7.05 Å². The lowest BCUT2D eigenvalue weighted by atomic mass is 10.0. The second kappa shape index (κ2) is 5.08. The van der Waals surface area contributed by atoms with Crippen LogP contribution in [0.2, 0.25) is 0 Å². The fourth-order valence-electron chi connectivity index (χ4n) is 1.78. The van der Waals surface area contributed by atoms with Crippen molar-refractivity contribution < 1.29 is 13.9 Å². The molecule has 0 aliphatic heterocycles. The maximum absolute atomic E-state index is 12.7. The minimum absolute atomic E-state index is 0.514. The predicted molar refractivity (Wildman–Crippen MR) is 65.6 cm³/mol. The van der Waals surface area contributed by atoms with Crippen molar-refractivity contribution >= 4 is 21.4 Å². The molecule has 2 rings (SSSR count). The highest BCUT2D eigenvalue weighted by Gasteiger charge is 2.27. The molecule has 0 saturated carbocycles. The van der Waals surface area contributed by atoms with E-state index in [9.17, 15) is 13.9 Å². The first-order valence-corrected chi connectivity index (χ1v) is 6.12. The lowest BCUT2D eigenvalue weighted by molar-refractivity contribution is 0.0210. The van der Waals surface area contributed by atoms with Gasteiger partial charge >= 0.3 is 0 Å². The standard InChI is InChI=1S/C12H13F2NOS/c1-15-10(12(13)14)11(16)8-3-2-7-4-5-17-9(7)6-8/h2-6,10-12,15-16H,1H3. The molecule has 17 heavy (non-hydrogen) atoms. The summed E-state index contributed by atoms with van der Waals surface area (Å²) in [5.74, 6) is 0. The smallest absolute Gasteiger partial charge is 0.256 e. The molecule has 1 aromatic carbocycles. The van der Waals surface area contributed by atoms with Crippen LogP contribution in [0.4, 0.5) is 8.78 Å². The number of rotatable bonds is 4. The molecule has 2 unspecified atom stereocenters. The summed E-state index contributed by atoms with van der Waals surface area (Å²) >= 11 is 1.53. The van der Waals surface area contributed by atoms with E-state index >= 15 is 0 Å². The van der Waals surface area contributed by atoms with Gasteiger partial charge < -0.3 is 10.4 Å². The van der Waals surface area contributed by atoms with Crippen LogP contribution >= 0.6 is 11.3 Å². The third kappa shape index (κ3) is 2.46. The molecule has 1 heterocycles. The van der Waals surface area contributed by atoms with Crippen molar-refractivity contribution in [1.82, 2.24) is 5.32 Å². The average Bonchev–Trinajstić information content (AvgIpc) is 2.75. The molecule has 0 aliphatic carbocycles. The van der Waals surface area contributed by atoms with E-state index in [0.29, 0.717) is 5.56 Å². The Hall–Kier alpha value is -1.04. The van der Waals surface area contributed by atoms with Crippen molar-refractivity contribution in [3.63, 3.8) is 0 Å². The Balaban J connectivity index is 2.31. The van der Waals surface area contributed by atoms with Crippen LogP contribution in [0, 0.1) is 0 Å². The normalized spacial score (nSPS) is 15.4. The van der Waals surface area contributed by atoms with Crippen LogP contribution in [0.15, 0.2) is 29.6 Å². The predicted octanol–water partition coefficient (Wildman–Crippen LogP) is 2.79. The molecule has 0 amide bonds. The molecule has 2 nitrogen and oxygen atoms in total. The van der Waals surface area contributed by atoms with E-state index in [4.69, 9.17) is 0 Å². The van der Waals surface area contributed by atoms with Gasteiger partial charge in [-0.3, -0.25) is 0 Å². The highest BCUT2D eigenvalue weighted by atomic mass is 32.1. The monoisotopic (exact) mass is 257 g/mol. The first-order valence-electron chi connectivity index (χ1n) is 5.24. The number of benzene rings is 1. The molecule has 2 atom stereocenters. The summed E-state index contributed by atoms with van der Waals surface area (Å²) in [6.07, 6.45) is -3.81. The minimum Gasteiger partial charge on any atom is -0.387 e. The number of thiophene rings is 1. The van der Waals surface area contributed by atoms with Crippen LogP contribution in [0.5, 0.6) is 0 Å². The van der Waals surface area contributed by atoms with Crippen LogP contribution in [0.1, 0.15) is 11.7 Å². The van der Waals surface area contributed by atoms with E-state index in [1.165, 1.54) is 18.4 Å². The molecule has 5 heteroatoms. The molecular formula is C12H13F2NOS. The first-order chi connectivity index (χ1) is 8.13. The van der Waals surface area contributed by atoms with E-state index < -0.39 is 18.6 Å². The largest absolute Gasteiger partial charge is 0.387 e. The van der Waals surface area contributed by atoms with Gasteiger partial charge in [-0.25, -0.2) is 8.78 Å². The maximum atomic E-state index is 12.7. The minimum atomic E-state index is -2.60. The van der Waals surface area contributed by atoms with Crippen LogP contribution in [0.25, 0.3) is 10.1 Å². The highest BCUT2D eigenvalue weighted by molar-refractivity contribution is 7.17. The van der Waals surface area contributed by atoms with Gasteiger partial charge in [-0.15, -0.1) is 11.3 Å². The van der Waals surface area contributed by atoms with Crippen molar-refractivity contribution in [1.29, 1.82) is 0 Å². The first kappa shape index (κ1) is 12.4. The van der Waals surface area contributed by atoms with Crippen molar-refractivity contribution in [3.8, 4) is 0 Å². The van der Waals surface area contributed by atoms with Crippen LogP contribution in [0.3, 0.4) is 0 Å². The second-order valence-electron chi connectivity index (χ2n) is 3.81. The van der Waals surface area contributed by atoms with Crippen molar-refractivity contribution in [3.05, 3.63) is 35.2 Å². The number of hydrogen-bond acceptors (Lipinski definition) is 3. The molecule has 0 saturated heterocycles. The Morgan fingerprint density at radius 2 is 2.06 bits per heavy atom. The van der Waals surface area contributed by atoms with Crippen LogP contribution in [-0.2, 0) is 0 Å². The Morgan fingerprint density at radius 1 is 1.29 bits per heavy atom. The Morgan fingerprint density at radius 3 is 2.71 bits per heavy atom. The van der Waals surface area contributed by atoms with Gasteiger partial charge in [-0.05, 0) is 35.5 Å². The third-order valence-electron chi connectivity index (χ3n) is 2.77. The van der Waals surface area contributed by atoms with Crippen LogP contribution in [-0.4, -0.2) is 24.6 Å². The van der Waals surface area contributed by atoms with Gasteiger partial charge in [0.2, 0.25) is 0 Å². The topological polar surface area (TPSA) is 32.3 Å². The van der Waals surface area contributed by atoms with Gasteiger partial charge in [0.1, 0.15) is 0 Å². The summed E-state index contributed by atoms with van der Waals surface area (Å²) < 4.78 is 26.3. The SMILES string of the molecule is CNC(C(F)F)C(O)c1ccc2ccsc2c1. The number of aliphatic hydroxyl groups excluding tert-OH is 1. The van der Waals surface area contributed by atoms with Gasteiger partial charge in [0.15, 0.2) is 0 Å². The van der Waals surface area contributed by atoms with E-state index in [2.05, 4.69) is 5.32 Å². The van der Waals surface area contributed by atoms with E-state index in [0.717, 1.165) is 10.1 Å². The van der Waals surface area contributed by atoms with Crippen molar-refractivity contribution in [2.24, 2.45) is 0 Å². The molecule has 1 aromatic heterocycles. The van der Waals surface area contributed by atoms with E-state index in [1.807, 2.05) is 17.5 Å². The summed E-state index contributed by atoms with van der Waals surface area (Å²) in [7, 11) is 1.42. The summed E-state index contributed by atoms with van der Waals surface area (Å²) in [6, 6.07) is 6.00. The lowest BCUT2D eigenvalue weighted by Crippen LogP contribution is -2.38. The van der Waals surface area contributed by atoms with Crippen molar-refractivity contribution in [2.45, 2.75) is 18.6 Å². The maximum Gasteiger partial charge on any atom is 0.256 e. The fraction of sp³-hybridized carbons (Fsp3) is 0.333. The summed E-state index contributed by atoms with van der Waals surface area (Å²) in [4.78, 5) is 0. The number of alkyl halides is 2. The second-order valence-corrected chi connectivity index (χ2v) is 4.76. The molecular weight excluding hydrogens is 244 g/mol. The lowest BCUT2D eigenvalue weighted by Gasteiger charge is -2.21. The zero-order valence-corrected chi connectivity index (χ0v) is 10.0.